The first-order chi connectivity index (χ1) is 25.1. The number of nitrogens with one attached hydrogen (secondary N) is 1. The van der Waals surface area contributed by atoms with Crippen molar-refractivity contribution >= 4 is 5.57 Å². The van der Waals surface area contributed by atoms with E-state index in [1.165, 1.54) is 55.6 Å². The number of benzene rings is 6. The van der Waals surface area contributed by atoms with Gasteiger partial charge in [-0.2, -0.15) is 0 Å². The highest BCUT2D eigenvalue weighted by Crippen LogP contribution is 2.34. The van der Waals surface area contributed by atoms with Crippen LogP contribution in [0.5, 0.6) is 0 Å². The summed E-state index contributed by atoms with van der Waals surface area (Å²) in [6.45, 7) is 10.9. The summed E-state index contributed by atoms with van der Waals surface area (Å²) in [5.41, 5.74) is 13.5. The van der Waals surface area contributed by atoms with Crippen molar-refractivity contribution in [2.24, 2.45) is 5.92 Å². The molecule has 6 aromatic carbocycles. The summed E-state index contributed by atoms with van der Waals surface area (Å²) < 4.78 is 0. The van der Waals surface area contributed by atoms with E-state index in [1.54, 1.807) is 0 Å². The van der Waals surface area contributed by atoms with E-state index in [9.17, 15) is 0 Å². The van der Waals surface area contributed by atoms with E-state index in [2.05, 4.69) is 190 Å². The maximum atomic E-state index is 4.64. The van der Waals surface area contributed by atoms with Crippen molar-refractivity contribution in [3.63, 3.8) is 0 Å². The average Bonchev–Trinajstić information content (AvgIpc) is 3.19. The smallest absolute Gasteiger partial charge is 0.0323 e. The zero-order valence-electron chi connectivity index (χ0n) is 31.1. The molecule has 51 heavy (non-hydrogen) atoms. The fourth-order valence-electron chi connectivity index (χ4n) is 7.31. The Balaban J connectivity index is 0.00000248. The molecule has 0 aromatic heterocycles. The molecule has 0 heterocycles. The molecule has 1 N–H and O–H groups in total. The zero-order valence-corrected chi connectivity index (χ0v) is 31.1. The second-order valence-electron chi connectivity index (χ2n) is 13.5. The van der Waals surface area contributed by atoms with Gasteiger partial charge in [0.2, 0.25) is 0 Å². The number of hydrogen-bond acceptors (Lipinski definition) is 1. The van der Waals surface area contributed by atoms with Crippen LogP contribution in [-0.4, -0.2) is 7.05 Å². The Hall–Kier alpha value is -4.98. The van der Waals surface area contributed by atoms with Crippen molar-refractivity contribution in [2.45, 2.75) is 64.8 Å². The van der Waals surface area contributed by atoms with Crippen LogP contribution in [0.1, 0.15) is 82.3 Å². The molecule has 0 saturated heterocycles. The second-order valence-corrected chi connectivity index (χ2v) is 13.5. The van der Waals surface area contributed by atoms with E-state index < -0.39 is 0 Å². The predicted octanol–water partition coefficient (Wildman–Crippen LogP) is 12.4. The molecule has 6 rings (SSSR count). The molecule has 1 heteroatoms. The van der Waals surface area contributed by atoms with E-state index >= 15 is 0 Å². The highest BCUT2D eigenvalue weighted by Gasteiger charge is 2.22. The minimum atomic E-state index is 0.256. The van der Waals surface area contributed by atoms with E-state index in [-0.39, 0.29) is 6.04 Å². The van der Waals surface area contributed by atoms with Crippen LogP contribution in [-0.2, 0) is 25.7 Å². The normalized spacial score (nSPS) is 12.6. The zero-order chi connectivity index (χ0) is 35.8. The molecule has 0 amide bonds. The topological polar surface area (TPSA) is 12.0 Å². The van der Waals surface area contributed by atoms with Crippen LogP contribution < -0.4 is 5.32 Å². The third-order valence-corrected chi connectivity index (χ3v) is 10.2. The van der Waals surface area contributed by atoms with Crippen LogP contribution in [0.3, 0.4) is 0 Å². The highest BCUT2D eigenvalue weighted by atomic mass is 14.9. The molecule has 3 atom stereocenters. The molecular weight excluding hydrogens is 615 g/mol. The minimum Gasteiger partial charge on any atom is -0.313 e. The first-order valence-electron chi connectivity index (χ1n) is 18.8. The maximum absolute atomic E-state index is 4.64. The van der Waals surface area contributed by atoms with Gasteiger partial charge < -0.3 is 5.32 Å². The van der Waals surface area contributed by atoms with E-state index in [0.717, 1.165) is 32.1 Å². The van der Waals surface area contributed by atoms with Crippen molar-refractivity contribution in [1.29, 1.82) is 0 Å². The van der Waals surface area contributed by atoms with Gasteiger partial charge in [-0.25, -0.2) is 0 Å². The van der Waals surface area contributed by atoms with Crippen LogP contribution in [0, 0.1) is 12.8 Å². The average molecular weight is 670 g/mol. The van der Waals surface area contributed by atoms with Crippen LogP contribution in [0.4, 0.5) is 0 Å². The highest BCUT2D eigenvalue weighted by molar-refractivity contribution is 5.65. The van der Waals surface area contributed by atoms with Gasteiger partial charge >= 0.3 is 0 Å². The lowest BCUT2D eigenvalue weighted by atomic mass is 9.81. The van der Waals surface area contributed by atoms with Crippen molar-refractivity contribution < 1.29 is 0 Å². The molecule has 0 spiro atoms. The van der Waals surface area contributed by atoms with Gasteiger partial charge in [0.15, 0.2) is 0 Å². The molecule has 3 unspecified atom stereocenters. The third-order valence-electron chi connectivity index (χ3n) is 10.2. The van der Waals surface area contributed by atoms with Gasteiger partial charge in [0.05, 0.1) is 0 Å². The Morgan fingerprint density at radius 3 is 1.73 bits per heavy atom. The van der Waals surface area contributed by atoms with Gasteiger partial charge in [0, 0.05) is 6.04 Å². The second kappa shape index (κ2) is 19.4. The molecule has 1 nitrogen and oxygen atoms in total. The van der Waals surface area contributed by atoms with Crippen LogP contribution >= 0.6 is 0 Å². The molecule has 260 valence electrons. The number of aryl methyl sites for hydroxylation is 1. The predicted molar refractivity (Wildman–Crippen MR) is 220 cm³/mol. The van der Waals surface area contributed by atoms with Gasteiger partial charge in [-0.05, 0) is 114 Å². The fraction of sp³-hybridized carbons (Fsp3) is 0.240. The summed E-state index contributed by atoms with van der Waals surface area (Å²) in [5.74, 6) is 0.695. The van der Waals surface area contributed by atoms with E-state index in [4.69, 9.17) is 0 Å². The quantitative estimate of drug-likeness (QED) is 0.115. The monoisotopic (exact) mass is 669 g/mol. The van der Waals surface area contributed by atoms with Gasteiger partial charge in [-0.1, -0.05) is 184 Å². The first-order valence-corrected chi connectivity index (χ1v) is 18.8. The van der Waals surface area contributed by atoms with E-state index in [0.29, 0.717) is 11.8 Å². The SMILES string of the molecule is C=C(c1ccccc1)C(Cc1ccc(Cc2ccccc2C(Cc2ccccc2)Cc2ccccc2C)cc1)CC(NC)c1ccccc1.CC. The third kappa shape index (κ3) is 10.5. The summed E-state index contributed by atoms with van der Waals surface area (Å²) in [6, 6.07) is 60.0. The van der Waals surface area contributed by atoms with Crippen molar-refractivity contribution in [3.05, 3.63) is 220 Å². The largest absolute Gasteiger partial charge is 0.313 e. The Bertz CT molecular complexity index is 1890. The Labute approximate surface area is 308 Å². The van der Waals surface area contributed by atoms with Crippen molar-refractivity contribution in [1.82, 2.24) is 5.32 Å². The van der Waals surface area contributed by atoms with E-state index in [1.807, 2.05) is 13.8 Å². The van der Waals surface area contributed by atoms with Gasteiger partial charge in [-0.15, -0.1) is 0 Å². The van der Waals surface area contributed by atoms with Gasteiger partial charge in [0.1, 0.15) is 0 Å². The molecule has 0 radical (unpaired) electrons. The molecule has 0 aliphatic rings. The molecular formula is C50H55N. The molecule has 0 aliphatic carbocycles. The Morgan fingerprint density at radius 2 is 1.08 bits per heavy atom. The van der Waals surface area contributed by atoms with Crippen LogP contribution in [0.15, 0.2) is 170 Å². The van der Waals surface area contributed by atoms with Gasteiger partial charge in [0.25, 0.3) is 0 Å². The number of rotatable bonds is 15. The van der Waals surface area contributed by atoms with Crippen molar-refractivity contribution in [3.8, 4) is 0 Å². The Kier molecular flexibility index (Phi) is 14.2. The summed E-state index contributed by atoms with van der Waals surface area (Å²) >= 11 is 0. The molecule has 0 bridgehead atoms. The molecule has 6 aromatic rings. The minimum absolute atomic E-state index is 0.256. The Morgan fingerprint density at radius 1 is 0.549 bits per heavy atom. The fourth-order valence-corrected chi connectivity index (χ4v) is 7.31. The summed E-state index contributed by atoms with van der Waals surface area (Å²) in [5, 5.41) is 3.58. The standard InChI is InChI=1S/C48H49N.C2H6/c1-36-17-13-14-24-43(36)34-46(33-38-18-7-4-8-19-38)47-26-16-15-25-44(47)31-39-27-29-40(30-28-39)32-45(37(2)41-20-9-5-10-21-41)35-48(49-3)42-22-11-6-12-23-42;1-2/h4-30,45-46,48-49H,2,31-35H2,1,3H3;1-2H3. The number of hydrogen-bond donors (Lipinski definition) is 1. The lowest BCUT2D eigenvalue weighted by molar-refractivity contribution is 0.469. The van der Waals surface area contributed by atoms with Crippen molar-refractivity contribution in [2.75, 3.05) is 7.05 Å². The van der Waals surface area contributed by atoms with Crippen LogP contribution in [0.25, 0.3) is 5.57 Å². The lowest BCUT2D eigenvalue weighted by Gasteiger charge is -2.26. The summed E-state index contributed by atoms with van der Waals surface area (Å²) in [4.78, 5) is 0. The molecule has 0 saturated carbocycles. The summed E-state index contributed by atoms with van der Waals surface area (Å²) in [6.07, 6.45) is 4.90. The van der Waals surface area contributed by atoms with Crippen LogP contribution in [0.2, 0.25) is 0 Å². The molecule has 0 fully saturated rings. The maximum Gasteiger partial charge on any atom is 0.0323 e. The lowest BCUT2D eigenvalue weighted by Crippen LogP contribution is -2.21. The molecule has 0 aliphatic heterocycles. The summed E-state index contributed by atoms with van der Waals surface area (Å²) in [7, 11) is 2.07. The number of allylic oxidation sites excluding steroid dienone is 1. The van der Waals surface area contributed by atoms with Gasteiger partial charge in [-0.3, -0.25) is 0 Å². The first kappa shape index (κ1) is 37.3.